The summed E-state index contributed by atoms with van der Waals surface area (Å²) in [6.07, 6.45) is 6.55. The van der Waals surface area contributed by atoms with Gasteiger partial charge in [-0.15, -0.1) is 0 Å². The molecule has 0 bridgehead atoms. The van der Waals surface area contributed by atoms with Crippen molar-refractivity contribution in [3.05, 3.63) is 0 Å². The van der Waals surface area contributed by atoms with Gasteiger partial charge in [-0.05, 0) is 32.2 Å². The molecule has 1 fully saturated rings. The fourth-order valence-electron chi connectivity index (χ4n) is 3.00. The minimum absolute atomic E-state index is 0.543. The second-order valence-corrected chi connectivity index (χ2v) is 5.29. The number of rotatable bonds is 7. The Labute approximate surface area is 105 Å². The smallest absolute Gasteiger partial charge is 0.310 e. The molecule has 1 rings (SSSR count). The Kier molecular flexibility index (Phi) is 5.44. The highest BCUT2D eigenvalue weighted by Gasteiger charge is 2.38. The van der Waals surface area contributed by atoms with E-state index in [0.717, 1.165) is 25.9 Å². The van der Waals surface area contributed by atoms with Crippen molar-refractivity contribution in [2.75, 3.05) is 13.1 Å². The van der Waals surface area contributed by atoms with E-state index in [0.29, 0.717) is 6.04 Å². The summed E-state index contributed by atoms with van der Waals surface area (Å²) in [5.74, 6) is -0.626. The molecule has 0 aromatic rings. The van der Waals surface area contributed by atoms with Gasteiger partial charge in [0.2, 0.25) is 0 Å². The van der Waals surface area contributed by atoms with E-state index in [-0.39, 0.29) is 0 Å². The standard InChI is InChI=1S/C14H27NO2/c1-4-14(5-2,13(16)17)11-15(6-3)12-9-7-8-10-12/h12H,4-11H2,1-3H3,(H,16,17). The Balaban J connectivity index is 2.72. The van der Waals surface area contributed by atoms with Gasteiger partial charge in [0.05, 0.1) is 5.41 Å². The summed E-state index contributed by atoms with van der Waals surface area (Å²) in [7, 11) is 0. The second kappa shape index (κ2) is 6.39. The fourth-order valence-corrected chi connectivity index (χ4v) is 3.00. The predicted molar refractivity (Wildman–Crippen MR) is 70.2 cm³/mol. The summed E-state index contributed by atoms with van der Waals surface area (Å²) in [5, 5.41) is 9.48. The van der Waals surface area contributed by atoms with E-state index in [1.807, 2.05) is 13.8 Å². The maximum Gasteiger partial charge on any atom is 0.310 e. The van der Waals surface area contributed by atoms with Crippen molar-refractivity contribution < 1.29 is 9.90 Å². The third kappa shape index (κ3) is 3.21. The predicted octanol–water partition coefficient (Wildman–Crippen LogP) is 3.14. The van der Waals surface area contributed by atoms with Gasteiger partial charge < -0.3 is 5.11 Å². The van der Waals surface area contributed by atoms with Crippen LogP contribution in [0, 0.1) is 5.41 Å². The van der Waals surface area contributed by atoms with Crippen LogP contribution in [-0.2, 0) is 4.79 Å². The monoisotopic (exact) mass is 241 g/mol. The van der Waals surface area contributed by atoms with Crippen LogP contribution in [-0.4, -0.2) is 35.1 Å². The van der Waals surface area contributed by atoms with E-state index >= 15 is 0 Å². The highest BCUT2D eigenvalue weighted by atomic mass is 16.4. The van der Waals surface area contributed by atoms with Gasteiger partial charge in [-0.3, -0.25) is 9.69 Å². The summed E-state index contributed by atoms with van der Waals surface area (Å²) in [4.78, 5) is 13.9. The molecule has 0 unspecified atom stereocenters. The molecule has 0 aliphatic heterocycles. The van der Waals surface area contributed by atoms with Crippen LogP contribution in [0.5, 0.6) is 0 Å². The SMILES string of the molecule is CCN(CC(CC)(CC)C(=O)O)C1CCCC1. The lowest BCUT2D eigenvalue weighted by atomic mass is 9.81. The van der Waals surface area contributed by atoms with Crippen LogP contribution in [0.3, 0.4) is 0 Å². The average Bonchev–Trinajstić information content (AvgIpc) is 2.84. The molecule has 0 heterocycles. The van der Waals surface area contributed by atoms with Crippen LogP contribution in [0.25, 0.3) is 0 Å². The lowest BCUT2D eigenvalue weighted by molar-refractivity contribution is -0.151. The van der Waals surface area contributed by atoms with Crippen molar-refractivity contribution in [3.8, 4) is 0 Å². The Bertz CT molecular complexity index is 243. The third-order valence-electron chi connectivity index (χ3n) is 4.56. The quantitative estimate of drug-likeness (QED) is 0.744. The number of hydrogen-bond donors (Lipinski definition) is 1. The molecule has 1 N–H and O–H groups in total. The van der Waals surface area contributed by atoms with Crippen LogP contribution >= 0.6 is 0 Å². The zero-order valence-corrected chi connectivity index (χ0v) is 11.5. The molecule has 1 aliphatic carbocycles. The van der Waals surface area contributed by atoms with Crippen LogP contribution in [0.4, 0.5) is 0 Å². The lowest BCUT2D eigenvalue weighted by Gasteiger charge is -2.36. The van der Waals surface area contributed by atoms with Crippen molar-refractivity contribution in [1.29, 1.82) is 0 Å². The van der Waals surface area contributed by atoms with Gasteiger partial charge in [-0.1, -0.05) is 33.6 Å². The highest BCUT2D eigenvalue weighted by molar-refractivity contribution is 5.74. The molecule has 0 spiro atoms. The molecule has 0 aromatic heterocycles. The van der Waals surface area contributed by atoms with Crippen molar-refractivity contribution in [1.82, 2.24) is 4.90 Å². The van der Waals surface area contributed by atoms with Crippen LogP contribution in [0.2, 0.25) is 0 Å². The summed E-state index contributed by atoms with van der Waals surface area (Å²) in [5.41, 5.74) is -0.543. The molecule has 0 radical (unpaired) electrons. The number of nitrogens with zero attached hydrogens (tertiary/aromatic N) is 1. The first kappa shape index (κ1) is 14.5. The molecule has 1 saturated carbocycles. The molecule has 0 amide bonds. The van der Waals surface area contributed by atoms with Crippen molar-refractivity contribution >= 4 is 5.97 Å². The van der Waals surface area contributed by atoms with E-state index in [1.54, 1.807) is 0 Å². The van der Waals surface area contributed by atoms with Crippen LogP contribution in [0.1, 0.15) is 59.3 Å². The third-order valence-corrected chi connectivity index (χ3v) is 4.56. The van der Waals surface area contributed by atoms with Crippen molar-refractivity contribution in [2.24, 2.45) is 5.41 Å². The normalized spacial score (nSPS) is 17.9. The Hall–Kier alpha value is -0.570. The van der Waals surface area contributed by atoms with E-state index in [9.17, 15) is 9.90 Å². The van der Waals surface area contributed by atoms with Crippen LogP contribution < -0.4 is 0 Å². The topological polar surface area (TPSA) is 40.5 Å². The van der Waals surface area contributed by atoms with E-state index < -0.39 is 11.4 Å². The van der Waals surface area contributed by atoms with Gasteiger partial charge in [0, 0.05) is 12.6 Å². The zero-order valence-electron chi connectivity index (χ0n) is 11.5. The summed E-state index contributed by atoms with van der Waals surface area (Å²) in [6, 6.07) is 0.622. The van der Waals surface area contributed by atoms with Crippen LogP contribution in [0.15, 0.2) is 0 Å². The number of aliphatic carboxylic acids is 1. The van der Waals surface area contributed by atoms with Gasteiger partial charge in [-0.2, -0.15) is 0 Å². The molecule has 0 saturated heterocycles. The first-order valence-electron chi connectivity index (χ1n) is 7.07. The summed E-state index contributed by atoms with van der Waals surface area (Å²) in [6.45, 7) is 7.84. The number of carbonyl (C=O) groups is 1. The largest absolute Gasteiger partial charge is 0.481 e. The Morgan fingerprint density at radius 3 is 2.12 bits per heavy atom. The van der Waals surface area contributed by atoms with Crippen molar-refractivity contribution in [3.63, 3.8) is 0 Å². The van der Waals surface area contributed by atoms with E-state index in [4.69, 9.17) is 0 Å². The van der Waals surface area contributed by atoms with Gasteiger partial charge in [-0.25, -0.2) is 0 Å². The van der Waals surface area contributed by atoms with Gasteiger partial charge >= 0.3 is 5.97 Å². The zero-order chi connectivity index (χ0) is 12.9. The molecule has 1 aliphatic rings. The number of carboxylic acid groups (broad SMARTS) is 1. The molecule has 0 atom stereocenters. The summed E-state index contributed by atoms with van der Waals surface area (Å²) >= 11 is 0. The van der Waals surface area contributed by atoms with Gasteiger partial charge in [0.1, 0.15) is 0 Å². The second-order valence-electron chi connectivity index (χ2n) is 5.29. The van der Waals surface area contributed by atoms with E-state index in [2.05, 4.69) is 11.8 Å². The minimum atomic E-state index is -0.626. The lowest BCUT2D eigenvalue weighted by Crippen LogP contribution is -2.46. The molecular formula is C14H27NO2. The molecular weight excluding hydrogens is 214 g/mol. The first-order valence-corrected chi connectivity index (χ1v) is 7.07. The minimum Gasteiger partial charge on any atom is -0.481 e. The molecule has 3 nitrogen and oxygen atoms in total. The van der Waals surface area contributed by atoms with Gasteiger partial charge in [0.25, 0.3) is 0 Å². The average molecular weight is 241 g/mol. The van der Waals surface area contributed by atoms with Gasteiger partial charge in [0.15, 0.2) is 0 Å². The summed E-state index contributed by atoms with van der Waals surface area (Å²) < 4.78 is 0. The Morgan fingerprint density at radius 1 is 1.24 bits per heavy atom. The molecule has 100 valence electrons. The van der Waals surface area contributed by atoms with Crippen molar-refractivity contribution in [2.45, 2.75) is 65.3 Å². The Morgan fingerprint density at radius 2 is 1.76 bits per heavy atom. The molecule has 3 heteroatoms. The first-order chi connectivity index (χ1) is 8.09. The molecule has 0 aromatic carbocycles. The molecule has 17 heavy (non-hydrogen) atoms. The number of hydrogen-bond acceptors (Lipinski definition) is 2. The number of carboxylic acids is 1. The fraction of sp³-hybridized carbons (Fsp3) is 0.929. The highest BCUT2D eigenvalue weighted by Crippen LogP contribution is 2.31. The maximum absolute atomic E-state index is 11.5. The maximum atomic E-state index is 11.5. The van der Waals surface area contributed by atoms with E-state index in [1.165, 1.54) is 25.7 Å².